The van der Waals surface area contributed by atoms with Crippen molar-refractivity contribution < 1.29 is 41.8 Å². The van der Waals surface area contributed by atoms with Gasteiger partial charge in [-0.05, 0) is 29.8 Å². The van der Waals surface area contributed by atoms with E-state index in [9.17, 15) is 31.5 Å². The number of hydrogen-bond donors (Lipinski definition) is 2. The van der Waals surface area contributed by atoms with Crippen molar-refractivity contribution in [2.45, 2.75) is 0 Å². The Morgan fingerprint density at radius 2 is 1.13 bits per heavy atom. The molecule has 0 atom stereocenters. The Morgan fingerprint density at radius 3 is 1.53 bits per heavy atom. The van der Waals surface area contributed by atoms with E-state index < -0.39 is 46.6 Å². The maximum absolute atomic E-state index is 12.9. The summed E-state index contributed by atoms with van der Waals surface area (Å²) >= 11 is 0. The molecule has 0 fully saturated rings. The first kappa shape index (κ1) is 24.3. The highest BCUT2D eigenvalue weighted by Crippen LogP contribution is 2.23. The number of carbonyl (C=O) groups is 2. The van der Waals surface area contributed by atoms with Gasteiger partial charge in [0.25, 0.3) is 0 Å². The lowest BCUT2D eigenvalue weighted by molar-refractivity contribution is -0.132. The molecule has 0 spiro atoms. The Hall–Kier alpha value is -3.69. The lowest BCUT2D eigenvalue weighted by Crippen LogP contribution is -2.07. The molecule has 0 unspecified atom stereocenters. The second kappa shape index (κ2) is 10.7. The minimum absolute atomic E-state index is 0.262. The summed E-state index contributed by atoms with van der Waals surface area (Å²) < 4.78 is 63.5. The van der Waals surface area contributed by atoms with Gasteiger partial charge in [-0.2, -0.15) is 0 Å². The van der Waals surface area contributed by atoms with Crippen LogP contribution in [0.3, 0.4) is 0 Å². The average molecular weight is 429 g/mol. The predicted molar refractivity (Wildman–Crippen MR) is 100 cm³/mol. The molecule has 0 bridgehead atoms. The maximum atomic E-state index is 12.9. The minimum Gasteiger partial charge on any atom is -0.478 e. The first-order valence-electron chi connectivity index (χ1n) is 8.06. The third-order valence-corrected chi connectivity index (χ3v) is 3.46. The molecule has 5 nitrogen and oxygen atoms in total. The largest absolute Gasteiger partial charge is 0.478 e. The van der Waals surface area contributed by atoms with E-state index in [-0.39, 0.29) is 6.08 Å². The van der Waals surface area contributed by atoms with Crippen LogP contribution in [0.1, 0.15) is 11.1 Å². The molecule has 30 heavy (non-hydrogen) atoms. The van der Waals surface area contributed by atoms with E-state index in [1.54, 1.807) is 6.08 Å². The first-order valence-corrected chi connectivity index (χ1v) is 8.06. The standard InChI is InChI=1S/C11H13NO2.C9H3F5O2/c1-12(2)10-6-3-9(4-7-10)5-8-11(13)14;10-5-3(1-2-4(15)16)6(11)8(13)9(14)7(5)12/h3-8H,1-2H3,(H,13,14);1-2H,(H,15,16)/b8-5+;2-1+. The van der Waals surface area contributed by atoms with E-state index in [1.165, 1.54) is 0 Å². The molecule has 0 aliphatic carbocycles. The lowest BCUT2D eigenvalue weighted by Gasteiger charge is -2.11. The second-order valence-corrected chi connectivity index (χ2v) is 5.81. The Labute approximate surface area is 168 Å². The predicted octanol–water partition coefficient (Wildman–Crippen LogP) is 4.33. The third-order valence-electron chi connectivity index (χ3n) is 3.46. The monoisotopic (exact) mass is 429 g/mol. The van der Waals surface area contributed by atoms with Crippen molar-refractivity contribution >= 4 is 29.8 Å². The van der Waals surface area contributed by atoms with Crippen molar-refractivity contribution in [2.75, 3.05) is 19.0 Å². The molecule has 0 radical (unpaired) electrons. The minimum atomic E-state index is -2.29. The van der Waals surface area contributed by atoms with E-state index in [1.807, 2.05) is 43.3 Å². The highest BCUT2D eigenvalue weighted by molar-refractivity contribution is 5.85. The second-order valence-electron chi connectivity index (χ2n) is 5.81. The van der Waals surface area contributed by atoms with Crippen molar-refractivity contribution in [3.05, 3.63) is 76.6 Å². The van der Waals surface area contributed by atoms with Crippen LogP contribution in [0.4, 0.5) is 27.6 Å². The fourth-order valence-electron chi connectivity index (χ4n) is 1.97. The summed E-state index contributed by atoms with van der Waals surface area (Å²) in [5, 5.41) is 16.6. The van der Waals surface area contributed by atoms with Gasteiger partial charge in [-0.15, -0.1) is 0 Å². The van der Waals surface area contributed by atoms with Gasteiger partial charge in [-0.3, -0.25) is 0 Å². The number of rotatable bonds is 5. The zero-order chi connectivity index (χ0) is 23.0. The Balaban J connectivity index is 0.000000303. The molecule has 0 aliphatic rings. The van der Waals surface area contributed by atoms with E-state index in [0.29, 0.717) is 6.08 Å². The third kappa shape index (κ3) is 6.73. The molecule has 2 aromatic carbocycles. The summed E-state index contributed by atoms with van der Waals surface area (Å²) in [6.45, 7) is 0. The molecule has 0 amide bonds. The van der Waals surface area contributed by atoms with E-state index >= 15 is 0 Å². The molecule has 10 heteroatoms. The van der Waals surface area contributed by atoms with Crippen molar-refractivity contribution in [2.24, 2.45) is 0 Å². The van der Waals surface area contributed by atoms with Crippen LogP contribution >= 0.6 is 0 Å². The summed E-state index contributed by atoms with van der Waals surface area (Å²) in [5.41, 5.74) is 0.689. The number of carboxylic acids is 2. The van der Waals surface area contributed by atoms with Gasteiger partial charge in [0, 0.05) is 31.9 Å². The van der Waals surface area contributed by atoms with Gasteiger partial charge in [-0.25, -0.2) is 31.5 Å². The van der Waals surface area contributed by atoms with Gasteiger partial charge in [0.05, 0.1) is 5.56 Å². The zero-order valence-corrected chi connectivity index (χ0v) is 15.7. The first-order chi connectivity index (χ1) is 14.0. The van der Waals surface area contributed by atoms with E-state index in [4.69, 9.17) is 10.2 Å². The molecule has 160 valence electrons. The molecule has 0 aliphatic heterocycles. The average Bonchev–Trinajstić information content (AvgIpc) is 2.69. The van der Waals surface area contributed by atoms with Crippen molar-refractivity contribution in [3.63, 3.8) is 0 Å². The molecular weight excluding hydrogens is 413 g/mol. The van der Waals surface area contributed by atoms with E-state index in [2.05, 4.69) is 0 Å². The number of nitrogens with zero attached hydrogens (tertiary/aromatic N) is 1. The summed E-state index contributed by atoms with van der Waals surface area (Å²) in [4.78, 5) is 22.3. The van der Waals surface area contributed by atoms with Gasteiger partial charge in [0.15, 0.2) is 23.3 Å². The number of carboxylic acid groups (broad SMARTS) is 2. The van der Waals surface area contributed by atoms with Gasteiger partial charge in [-0.1, -0.05) is 12.1 Å². The van der Waals surface area contributed by atoms with E-state index in [0.717, 1.165) is 17.3 Å². The topological polar surface area (TPSA) is 77.8 Å². The van der Waals surface area contributed by atoms with Gasteiger partial charge in [0.1, 0.15) is 0 Å². The number of benzene rings is 2. The fourth-order valence-corrected chi connectivity index (χ4v) is 1.97. The van der Waals surface area contributed by atoms with Gasteiger partial charge < -0.3 is 15.1 Å². The number of anilines is 1. The maximum Gasteiger partial charge on any atom is 0.328 e. The quantitative estimate of drug-likeness (QED) is 0.320. The van der Waals surface area contributed by atoms with Gasteiger partial charge >= 0.3 is 11.9 Å². The number of hydrogen-bond acceptors (Lipinski definition) is 3. The lowest BCUT2D eigenvalue weighted by atomic mass is 10.1. The molecule has 0 aromatic heterocycles. The highest BCUT2D eigenvalue weighted by Gasteiger charge is 2.24. The normalized spacial score (nSPS) is 10.8. The van der Waals surface area contributed by atoms with Crippen molar-refractivity contribution in [1.82, 2.24) is 0 Å². The summed E-state index contributed by atoms with van der Waals surface area (Å²) in [6, 6.07) is 7.66. The smallest absolute Gasteiger partial charge is 0.328 e. The van der Waals surface area contributed by atoms with Crippen LogP contribution in [0.5, 0.6) is 0 Å². The summed E-state index contributed by atoms with van der Waals surface area (Å²) in [5.74, 6) is -13.2. The molecule has 2 N–H and O–H groups in total. The van der Waals surface area contributed by atoms with Gasteiger partial charge in [0.2, 0.25) is 5.82 Å². The molecular formula is C20H16F5NO4. The Morgan fingerprint density at radius 1 is 0.733 bits per heavy atom. The fraction of sp³-hybridized carbons (Fsp3) is 0.100. The zero-order valence-electron chi connectivity index (χ0n) is 15.7. The van der Waals surface area contributed by atoms with Crippen molar-refractivity contribution in [3.8, 4) is 0 Å². The van der Waals surface area contributed by atoms with Crippen LogP contribution in [0.15, 0.2) is 36.4 Å². The van der Waals surface area contributed by atoms with Crippen LogP contribution < -0.4 is 4.90 Å². The Bertz CT molecular complexity index is 957. The summed E-state index contributed by atoms with van der Waals surface area (Å²) in [7, 11) is 3.92. The van der Waals surface area contributed by atoms with Crippen LogP contribution in [-0.4, -0.2) is 36.2 Å². The Kier molecular flexibility index (Phi) is 8.72. The highest BCUT2D eigenvalue weighted by atomic mass is 19.2. The van der Waals surface area contributed by atoms with Crippen LogP contribution in [0, 0.1) is 29.1 Å². The van der Waals surface area contributed by atoms with Crippen LogP contribution in [0.2, 0.25) is 0 Å². The molecule has 0 saturated carbocycles. The number of aliphatic carboxylic acids is 2. The SMILES string of the molecule is CN(C)c1ccc(/C=C/C(=O)O)cc1.O=C(O)/C=C/c1c(F)c(F)c(F)c(F)c1F. The van der Waals surface area contributed by atoms with Crippen molar-refractivity contribution in [1.29, 1.82) is 0 Å². The number of halogens is 5. The van der Waals surface area contributed by atoms with Crippen LogP contribution in [0.25, 0.3) is 12.2 Å². The van der Waals surface area contributed by atoms with Crippen LogP contribution in [-0.2, 0) is 9.59 Å². The molecule has 2 rings (SSSR count). The molecule has 0 heterocycles. The molecule has 2 aromatic rings. The molecule has 0 saturated heterocycles. The summed E-state index contributed by atoms with van der Waals surface area (Å²) in [6.07, 6.45) is 3.25.